The van der Waals surface area contributed by atoms with Crippen LogP contribution in [0, 0.1) is 6.92 Å². The number of aromatic amines is 1. The summed E-state index contributed by atoms with van der Waals surface area (Å²) < 4.78 is 0. The Hall–Kier alpha value is -2.43. The summed E-state index contributed by atoms with van der Waals surface area (Å²) in [5.41, 5.74) is 1.77. The molecule has 0 atom stereocenters. The molecule has 0 aromatic carbocycles. The minimum absolute atomic E-state index is 0.200. The molecule has 1 amide bonds. The lowest BCUT2D eigenvalue weighted by Crippen LogP contribution is -2.32. The Morgan fingerprint density at radius 3 is 2.65 bits per heavy atom. The van der Waals surface area contributed by atoms with Crippen molar-refractivity contribution in [3.63, 3.8) is 0 Å². The lowest BCUT2D eigenvalue weighted by atomic mass is 10.2. The van der Waals surface area contributed by atoms with Crippen LogP contribution in [0.15, 0.2) is 41.2 Å². The highest BCUT2D eigenvalue weighted by molar-refractivity contribution is 5.92. The van der Waals surface area contributed by atoms with E-state index in [0.717, 1.165) is 11.4 Å². The topological polar surface area (TPSA) is 66.1 Å². The number of carbonyl (C=O) groups is 1. The van der Waals surface area contributed by atoms with Crippen molar-refractivity contribution < 1.29 is 4.79 Å². The zero-order valence-corrected chi connectivity index (χ0v) is 11.6. The lowest BCUT2D eigenvalue weighted by Gasteiger charge is -2.20. The van der Waals surface area contributed by atoms with Crippen molar-refractivity contribution in [1.29, 1.82) is 0 Å². The Labute approximate surface area is 117 Å². The highest BCUT2D eigenvalue weighted by Crippen LogP contribution is 2.07. The molecule has 0 saturated heterocycles. The van der Waals surface area contributed by atoms with Gasteiger partial charge in [0.25, 0.3) is 5.91 Å². The highest BCUT2D eigenvalue weighted by Gasteiger charge is 2.15. The van der Waals surface area contributed by atoms with E-state index in [1.807, 2.05) is 32.0 Å². The van der Waals surface area contributed by atoms with Gasteiger partial charge in [0, 0.05) is 18.3 Å². The van der Waals surface area contributed by atoms with Crippen LogP contribution in [0.1, 0.15) is 28.8 Å². The SMILES string of the molecule is CCN(Cc1cccc(C)n1)C(=O)c1cccc(=O)[nH]1. The van der Waals surface area contributed by atoms with Crippen LogP contribution >= 0.6 is 0 Å². The Balaban J connectivity index is 2.20. The smallest absolute Gasteiger partial charge is 0.270 e. The van der Waals surface area contributed by atoms with Gasteiger partial charge in [-0.1, -0.05) is 12.1 Å². The molecule has 5 nitrogen and oxygen atoms in total. The molecule has 0 aliphatic rings. The van der Waals surface area contributed by atoms with Crippen molar-refractivity contribution in [2.24, 2.45) is 0 Å². The van der Waals surface area contributed by atoms with Crippen molar-refractivity contribution >= 4 is 5.91 Å². The van der Waals surface area contributed by atoms with Crippen molar-refractivity contribution in [3.05, 3.63) is 63.8 Å². The third kappa shape index (κ3) is 3.32. The minimum Gasteiger partial charge on any atom is -0.332 e. The number of hydrogen-bond donors (Lipinski definition) is 1. The van der Waals surface area contributed by atoms with Crippen LogP contribution in [0.5, 0.6) is 0 Å². The van der Waals surface area contributed by atoms with E-state index in [-0.39, 0.29) is 11.5 Å². The number of nitrogens with zero attached hydrogens (tertiary/aromatic N) is 2. The first-order valence-electron chi connectivity index (χ1n) is 6.51. The molecular weight excluding hydrogens is 254 g/mol. The summed E-state index contributed by atoms with van der Waals surface area (Å²) in [4.78, 5) is 32.2. The quantitative estimate of drug-likeness (QED) is 0.921. The number of aromatic nitrogens is 2. The molecule has 5 heteroatoms. The van der Waals surface area contributed by atoms with Crippen molar-refractivity contribution in [2.75, 3.05) is 6.54 Å². The lowest BCUT2D eigenvalue weighted by molar-refractivity contribution is 0.0744. The fourth-order valence-corrected chi connectivity index (χ4v) is 1.95. The molecule has 0 spiro atoms. The van der Waals surface area contributed by atoms with Gasteiger partial charge in [0.15, 0.2) is 0 Å². The van der Waals surface area contributed by atoms with E-state index in [2.05, 4.69) is 9.97 Å². The fourth-order valence-electron chi connectivity index (χ4n) is 1.95. The van der Waals surface area contributed by atoms with Gasteiger partial charge in [-0.2, -0.15) is 0 Å². The zero-order chi connectivity index (χ0) is 14.5. The van der Waals surface area contributed by atoms with Gasteiger partial charge < -0.3 is 9.88 Å². The van der Waals surface area contributed by atoms with E-state index in [4.69, 9.17) is 0 Å². The number of rotatable bonds is 4. The van der Waals surface area contributed by atoms with E-state index in [0.29, 0.717) is 18.8 Å². The average Bonchev–Trinajstić information content (AvgIpc) is 2.44. The number of hydrogen-bond acceptors (Lipinski definition) is 3. The van der Waals surface area contributed by atoms with Gasteiger partial charge in [-0.05, 0) is 32.0 Å². The van der Waals surface area contributed by atoms with Gasteiger partial charge in [-0.3, -0.25) is 14.6 Å². The van der Waals surface area contributed by atoms with Gasteiger partial charge in [0.1, 0.15) is 5.69 Å². The first kappa shape index (κ1) is 14.0. The summed E-state index contributed by atoms with van der Waals surface area (Å²) in [6, 6.07) is 10.3. The van der Waals surface area contributed by atoms with Gasteiger partial charge in [-0.25, -0.2) is 0 Å². The predicted molar refractivity (Wildman–Crippen MR) is 76.5 cm³/mol. The molecule has 2 aromatic rings. The van der Waals surface area contributed by atoms with E-state index < -0.39 is 0 Å². The molecule has 2 rings (SSSR count). The molecule has 0 aliphatic carbocycles. The zero-order valence-electron chi connectivity index (χ0n) is 11.6. The normalized spacial score (nSPS) is 10.3. The first-order chi connectivity index (χ1) is 9.60. The summed E-state index contributed by atoms with van der Waals surface area (Å²) in [6.45, 7) is 4.78. The van der Waals surface area contributed by atoms with E-state index in [9.17, 15) is 9.59 Å². The van der Waals surface area contributed by atoms with Gasteiger partial charge >= 0.3 is 0 Å². The maximum absolute atomic E-state index is 12.3. The second-order valence-electron chi connectivity index (χ2n) is 4.52. The number of nitrogens with one attached hydrogen (secondary N) is 1. The second-order valence-corrected chi connectivity index (χ2v) is 4.52. The third-order valence-electron chi connectivity index (χ3n) is 2.97. The molecule has 2 heterocycles. The van der Waals surface area contributed by atoms with Crippen LogP contribution in [-0.2, 0) is 6.54 Å². The maximum atomic E-state index is 12.3. The molecule has 0 saturated carbocycles. The van der Waals surface area contributed by atoms with Crippen molar-refractivity contribution in [2.45, 2.75) is 20.4 Å². The van der Waals surface area contributed by atoms with Gasteiger partial charge in [-0.15, -0.1) is 0 Å². The number of aryl methyl sites for hydroxylation is 1. The number of carbonyl (C=O) groups excluding carboxylic acids is 1. The maximum Gasteiger partial charge on any atom is 0.270 e. The van der Waals surface area contributed by atoms with Gasteiger partial charge in [0.05, 0.1) is 12.2 Å². The fraction of sp³-hybridized carbons (Fsp3) is 0.267. The Bertz CT molecular complexity index is 664. The summed E-state index contributed by atoms with van der Waals surface area (Å²) in [5.74, 6) is -0.200. The predicted octanol–water partition coefficient (Wildman–Crippen LogP) is 1.74. The number of amides is 1. The van der Waals surface area contributed by atoms with Crippen molar-refractivity contribution in [3.8, 4) is 0 Å². The summed E-state index contributed by atoms with van der Waals surface area (Å²) in [7, 11) is 0. The van der Waals surface area contributed by atoms with Crippen LogP contribution in [0.25, 0.3) is 0 Å². The van der Waals surface area contributed by atoms with E-state index in [1.54, 1.807) is 17.0 Å². The highest BCUT2D eigenvalue weighted by atomic mass is 16.2. The largest absolute Gasteiger partial charge is 0.332 e. The van der Waals surface area contributed by atoms with Crippen LogP contribution in [0.3, 0.4) is 0 Å². The summed E-state index contributed by atoms with van der Waals surface area (Å²) in [5, 5.41) is 0. The Morgan fingerprint density at radius 1 is 1.25 bits per heavy atom. The monoisotopic (exact) mass is 271 g/mol. The van der Waals surface area contributed by atoms with E-state index >= 15 is 0 Å². The van der Waals surface area contributed by atoms with Crippen molar-refractivity contribution in [1.82, 2.24) is 14.9 Å². The number of pyridine rings is 2. The Kier molecular flexibility index (Phi) is 4.30. The summed E-state index contributed by atoms with van der Waals surface area (Å²) in [6.07, 6.45) is 0. The molecule has 0 unspecified atom stereocenters. The summed E-state index contributed by atoms with van der Waals surface area (Å²) >= 11 is 0. The molecule has 0 aliphatic heterocycles. The molecule has 0 bridgehead atoms. The molecule has 0 radical (unpaired) electrons. The van der Waals surface area contributed by atoms with Gasteiger partial charge in [0.2, 0.25) is 5.56 Å². The van der Waals surface area contributed by atoms with Crippen LogP contribution in [0.4, 0.5) is 0 Å². The number of H-pyrrole nitrogens is 1. The second kappa shape index (κ2) is 6.14. The van der Waals surface area contributed by atoms with E-state index in [1.165, 1.54) is 6.07 Å². The third-order valence-corrected chi connectivity index (χ3v) is 2.97. The molecule has 104 valence electrons. The molecular formula is C15H17N3O2. The Morgan fingerprint density at radius 2 is 2.00 bits per heavy atom. The van der Waals surface area contributed by atoms with Crippen LogP contribution in [0.2, 0.25) is 0 Å². The average molecular weight is 271 g/mol. The molecule has 20 heavy (non-hydrogen) atoms. The molecule has 1 N–H and O–H groups in total. The minimum atomic E-state index is -0.277. The first-order valence-corrected chi connectivity index (χ1v) is 6.51. The molecule has 2 aromatic heterocycles. The van der Waals surface area contributed by atoms with Crippen LogP contribution < -0.4 is 5.56 Å². The standard InChI is InChI=1S/C15H17N3O2/c1-3-18(10-12-7-4-6-11(2)16-12)15(20)13-8-5-9-14(19)17-13/h4-9H,3,10H2,1-2H3,(H,17,19). The molecule has 0 fully saturated rings. The van der Waals surface area contributed by atoms with Crippen LogP contribution in [-0.4, -0.2) is 27.3 Å².